The van der Waals surface area contributed by atoms with E-state index in [-0.39, 0.29) is 16.9 Å². The maximum Gasteiger partial charge on any atom is 0.258 e. The fourth-order valence-corrected chi connectivity index (χ4v) is 2.87. The van der Waals surface area contributed by atoms with Crippen molar-refractivity contribution in [1.29, 1.82) is 0 Å². The van der Waals surface area contributed by atoms with Crippen LogP contribution in [0.1, 0.15) is 24.6 Å². The van der Waals surface area contributed by atoms with Gasteiger partial charge in [-0.2, -0.15) is 0 Å². The Morgan fingerprint density at radius 2 is 2.11 bits per heavy atom. The molecule has 0 bridgehead atoms. The van der Waals surface area contributed by atoms with Crippen LogP contribution in [0.2, 0.25) is 0 Å². The van der Waals surface area contributed by atoms with Gasteiger partial charge >= 0.3 is 0 Å². The van der Waals surface area contributed by atoms with Crippen LogP contribution in [-0.2, 0) is 4.74 Å². The van der Waals surface area contributed by atoms with Crippen LogP contribution in [0, 0.1) is 5.82 Å². The van der Waals surface area contributed by atoms with E-state index in [0.29, 0.717) is 29.0 Å². The minimum atomic E-state index is -0.453. The molecule has 1 saturated heterocycles. The number of nitrogens with zero attached hydrogens (tertiary/aromatic N) is 1. The number of fused-ring (bicyclic) bond motifs is 1. The summed E-state index contributed by atoms with van der Waals surface area (Å²) in [4.78, 5) is 19.3. The monoisotopic (exact) mass is 326 g/mol. The van der Waals surface area contributed by atoms with Crippen LogP contribution >= 0.6 is 15.9 Å². The first kappa shape index (κ1) is 12.7. The average Bonchev–Trinajstić information content (AvgIpc) is 2.41. The van der Waals surface area contributed by atoms with Crippen molar-refractivity contribution in [2.75, 3.05) is 13.2 Å². The first-order valence-corrected chi connectivity index (χ1v) is 6.91. The molecule has 1 aromatic heterocycles. The second-order valence-electron chi connectivity index (χ2n) is 4.62. The Kier molecular flexibility index (Phi) is 3.36. The molecule has 0 saturated carbocycles. The quantitative estimate of drug-likeness (QED) is 0.876. The van der Waals surface area contributed by atoms with E-state index < -0.39 is 5.82 Å². The number of aromatic nitrogens is 2. The normalized spacial score (nSPS) is 16.9. The molecule has 1 aliphatic heterocycles. The summed E-state index contributed by atoms with van der Waals surface area (Å²) in [5, 5.41) is 0.266. The first-order valence-electron chi connectivity index (χ1n) is 6.12. The molecule has 1 aromatic carbocycles. The number of aromatic amines is 1. The topological polar surface area (TPSA) is 55.0 Å². The van der Waals surface area contributed by atoms with E-state index in [0.717, 1.165) is 12.8 Å². The minimum absolute atomic E-state index is 0.197. The van der Waals surface area contributed by atoms with Crippen molar-refractivity contribution in [3.05, 3.63) is 38.6 Å². The van der Waals surface area contributed by atoms with E-state index >= 15 is 0 Å². The Balaban J connectivity index is 2.15. The van der Waals surface area contributed by atoms with Crippen molar-refractivity contribution in [1.82, 2.24) is 9.97 Å². The Hall–Kier alpha value is -1.27. The lowest BCUT2D eigenvalue weighted by molar-refractivity contribution is 0.0836. The Labute approximate surface area is 117 Å². The summed E-state index contributed by atoms with van der Waals surface area (Å²) in [6.07, 6.45) is 1.68. The van der Waals surface area contributed by atoms with Gasteiger partial charge in [0.1, 0.15) is 11.6 Å². The molecule has 0 unspecified atom stereocenters. The van der Waals surface area contributed by atoms with Gasteiger partial charge in [-0.05, 0) is 40.9 Å². The van der Waals surface area contributed by atoms with E-state index in [1.165, 1.54) is 12.1 Å². The zero-order valence-corrected chi connectivity index (χ0v) is 11.7. The van der Waals surface area contributed by atoms with Crippen molar-refractivity contribution in [2.24, 2.45) is 0 Å². The van der Waals surface area contributed by atoms with E-state index in [1.54, 1.807) is 0 Å². The highest BCUT2D eigenvalue weighted by atomic mass is 79.9. The third-order valence-electron chi connectivity index (χ3n) is 3.35. The Morgan fingerprint density at radius 3 is 2.84 bits per heavy atom. The van der Waals surface area contributed by atoms with Crippen LogP contribution in [0.15, 0.2) is 21.4 Å². The Bertz CT molecular complexity index is 680. The molecule has 0 radical (unpaired) electrons. The van der Waals surface area contributed by atoms with Gasteiger partial charge in [0.05, 0.1) is 10.9 Å². The molecule has 3 rings (SSSR count). The summed E-state index contributed by atoms with van der Waals surface area (Å²) >= 11 is 3.26. The number of hydrogen-bond donors (Lipinski definition) is 1. The molecule has 0 spiro atoms. The number of hydrogen-bond acceptors (Lipinski definition) is 3. The molecular formula is C13H12BrFN2O2. The predicted octanol–water partition coefficient (Wildman–Crippen LogP) is 2.72. The van der Waals surface area contributed by atoms with Gasteiger partial charge < -0.3 is 9.72 Å². The van der Waals surface area contributed by atoms with Gasteiger partial charge in [-0.25, -0.2) is 9.37 Å². The Morgan fingerprint density at radius 1 is 1.37 bits per heavy atom. The smallest absolute Gasteiger partial charge is 0.258 e. The SMILES string of the molecule is O=c1[nH]c(C2CCOCC2)nc2c(Br)cc(F)cc12. The molecule has 1 fully saturated rings. The van der Waals surface area contributed by atoms with E-state index in [9.17, 15) is 9.18 Å². The van der Waals surface area contributed by atoms with Gasteiger partial charge in [0.25, 0.3) is 5.56 Å². The highest BCUT2D eigenvalue weighted by Crippen LogP contribution is 2.26. The van der Waals surface area contributed by atoms with Gasteiger partial charge in [-0.15, -0.1) is 0 Å². The summed E-state index contributed by atoms with van der Waals surface area (Å²) in [5.74, 6) is 0.404. The molecule has 1 N–H and O–H groups in total. The standard InChI is InChI=1S/C13H12BrFN2O2/c14-10-6-8(15)5-9-11(10)16-12(17-13(9)18)7-1-3-19-4-2-7/h5-7H,1-4H2,(H,16,17,18). The number of ether oxygens (including phenoxy) is 1. The lowest BCUT2D eigenvalue weighted by atomic mass is 9.99. The number of nitrogens with one attached hydrogen (secondary N) is 1. The lowest BCUT2D eigenvalue weighted by Gasteiger charge is -2.21. The molecule has 19 heavy (non-hydrogen) atoms. The van der Waals surface area contributed by atoms with Crippen LogP contribution in [0.5, 0.6) is 0 Å². The van der Waals surface area contributed by atoms with Gasteiger partial charge in [-0.3, -0.25) is 4.79 Å². The van der Waals surface area contributed by atoms with Crippen molar-refractivity contribution in [2.45, 2.75) is 18.8 Å². The maximum absolute atomic E-state index is 13.3. The lowest BCUT2D eigenvalue weighted by Crippen LogP contribution is -2.20. The molecular weight excluding hydrogens is 315 g/mol. The molecule has 100 valence electrons. The second-order valence-corrected chi connectivity index (χ2v) is 5.48. The molecule has 0 atom stereocenters. The molecule has 4 nitrogen and oxygen atoms in total. The third kappa shape index (κ3) is 2.42. The largest absolute Gasteiger partial charge is 0.381 e. The van der Waals surface area contributed by atoms with Crippen LogP contribution in [-0.4, -0.2) is 23.2 Å². The highest BCUT2D eigenvalue weighted by Gasteiger charge is 2.19. The summed E-state index contributed by atoms with van der Waals surface area (Å²) in [5.41, 5.74) is 0.207. The van der Waals surface area contributed by atoms with E-state index in [1.807, 2.05) is 0 Å². The molecule has 2 heterocycles. The van der Waals surface area contributed by atoms with Crippen LogP contribution in [0.3, 0.4) is 0 Å². The molecule has 2 aromatic rings. The van der Waals surface area contributed by atoms with Crippen LogP contribution < -0.4 is 5.56 Å². The summed E-state index contributed by atoms with van der Waals surface area (Å²) in [7, 11) is 0. The zero-order valence-electron chi connectivity index (χ0n) is 10.1. The molecule has 0 amide bonds. The van der Waals surface area contributed by atoms with Crippen molar-refractivity contribution in [3.8, 4) is 0 Å². The van der Waals surface area contributed by atoms with Gasteiger partial charge in [0.15, 0.2) is 0 Å². The highest BCUT2D eigenvalue weighted by molar-refractivity contribution is 9.10. The van der Waals surface area contributed by atoms with Gasteiger partial charge in [0.2, 0.25) is 0 Å². The predicted molar refractivity (Wildman–Crippen MR) is 72.8 cm³/mol. The minimum Gasteiger partial charge on any atom is -0.381 e. The number of H-pyrrole nitrogens is 1. The van der Waals surface area contributed by atoms with Crippen LogP contribution in [0.25, 0.3) is 10.9 Å². The fraction of sp³-hybridized carbons (Fsp3) is 0.385. The third-order valence-corrected chi connectivity index (χ3v) is 3.96. The number of halogens is 2. The van der Waals surface area contributed by atoms with Crippen molar-refractivity contribution < 1.29 is 9.13 Å². The summed E-state index contributed by atoms with van der Waals surface area (Å²) < 4.78 is 19.1. The number of rotatable bonds is 1. The fourth-order valence-electron chi connectivity index (χ4n) is 2.35. The zero-order chi connectivity index (χ0) is 13.4. The first-order chi connectivity index (χ1) is 9.15. The molecule has 1 aliphatic rings. The van der Waals surface area contributed by atoms with Crippen molar-refractivity contribution >= 4 is 26.8 Å². The van der Waals surface area contributed by atoms with E-state index in [2.05, 4.69) is 25.9 Å². The van der Waals surface area contributed by atoms with Crippen molar-refractivity contribution in [3.63, 3.8) is 0 Å². The van der Waals surface area contributed by atoms with Crippen LogP contribution in [0.4, 0.5) is 4.39 Å². The average molecular weight is 327 g/mol. The molecule has 0 aliphatic carbocycles. The summed E-state index contributed by atoms with van der Waals surface area (Å²) in [6.45, 7) is 1.36. The van der Waals surface area contributed by atoms with E-state index in [4.69, 9.17) is 4.74 Å². The van der Waals surface area contributed by atoms with Gasteiger partial charge in [-0.1, -0.05) is 0 Å². The number of benzene rings is 1. The second kappa shape index (κ2) is 5.02. The van der Waals surface area contributed by atoms with Gasteiger partial charge in [0, 0.05) is 23.6 Å². The summed E-state index contributed by atoms with van der Waals surface area (Å²) in [6, 6.07) is 2.53. The molecule has 6 heteroatoms. The maximum atomic E-state index is 13.3.